The number of carbonyl (C=O) groups is 3. The third-order valence-corrected chi connectivity index (χ3v) is 4.97. The van der Waals surface area contributed by atoms with Crippen molar-refractivity contribution in [3.05, 3.63) is 0 Å². The van der Waals surface area contributed by atoms with Crippen LogP contribution in [0.4, 0.5) is 4.79 Å². The Kier molecular flexibility index (Phi) is 4.78. The largest absolute Gasteiger partial charge is 0.373 e. The summed E-state index contributed by atoms with van der Waals surface area (Å²) in [5, 5.41) is 3.64. The molecule has 1 saturated carbocycles. The SMILES string of the molecule is C[C@@H]1CN(CC(=O)NN2C(=O)NC3(CCCCC3)C2=O)C[C@@H](C)O1. The molecule has 1 spiro atoms. The van der Waals surface area contributed by atoms with E-state index in [0.29, 0.717) is 25.9 Å². The number of urea groups is 1. The minimum atomic E-state index is -0.815. The summed E-state index contributed by atoms with van der Waals surface area (Å²) in [4.78, 5) is 39.0. The second kappa shape index (κ2) is 6.68. The molecule has 134 valence electrons. The summed E-state index contributed by atoms with van der Waals surface area (Å²) in [6.07, 6.45) is 4.30. The maximum Gasteiger partial charge on any atom is 0.344 e. The monoisotopic (exact) mass is 338 g/mol. The molecule has 1 aliphatic carbocycles. The molecule has 8 heteroatoms. The van der Waals surface area contributed by atoms with Gasteiger partial charge in [-0.15, -0.1) is 0 Å². The van der Waals surface area contributed by atoms with Crippen LogP contribution in [0.1, 0.15) is 46.0 Å². The normalized spacial score (nSPS) is 30.5. The highest BCUT2D eigenvalue weighted by molar-refractivity contribution is 6.08. The molecule has 0 radical (unpaired) electrons. The van der Waals surface area contributed by atoms with Crippen molar-refractivity contribution in [2.45, 2.75) is 63.7 Å². The molecule has 0 aromatic carbocycles. The third kappa shape index (κ3) is 3.39. The molecule has 0 aromatic rings. The first-order valence-corrected chi connectivity index (χ1v) is 8.74. The van der Waals surface area contributed by atoms with Gasteiger partial charge in [0.05, 0.1) is 18.8 Å². The zero-order valence-corrected chi connectivity index (χ0v) is 14.3. The van der Waals surface area contributed by atoms with Crippen LogP contribution in [0.5, 0.6) is 0 Å². The van der Waals surface area contributed by atoms with Gasteiger partial charge in [-0.05, 0) is 26.7 Å². The lowest BCUT2D eigenvalue weighted by molar-refractivity contribution is -0.141. The quantitative estimate of drug-likeness (QED) is 0.726. The predicted molar refractivity (Wildman–Crippen MR) is 85.8 cm³/mol. The second-order valence-corrected chi connectivity index (χ2v) is 7.20. The molecule has 2 atom stereocenters. The Morgan fingerprint density at radius 3 is 2.46 bits per heavy atom. The third-order valence-electron chi connectivity index (χ3n) is 4.97. The molecule has 2 heterocycles. The van der Waals surface area contributed by atoms with E-state index in [1.807, 2.05) is 18.7 Å². The highest BCUT2D eigenvalue weighted by atomic mass is 16.5. The van der Waals surface area contributed by atoms with E-state index >= 15 is 0 Å². The Labute approximate surface area is 141 Å². The van der Waals surface area contributed by atoms with Crippen LogP contribution >= 0.6 is 0 Å². The van der Waals surface area contributed by atoms with Gasteiger partial charge in [0.2, 0.25) is 0 Å². The van der Waals surface area contributed by atoms with Crippen molar-refractivity contribution in [1.82, 2.24) is 20.7 Å². The van der Waals surface area contributed by atoms with Crippen LogP contribution in [0.15, 0.2) is 0 Å². The number of nitrogens with zero attached hydrogens (tertiary/aromatic N) is 2. The van der Waals surface area contributed by atoms with Crippen LogP contribution in [-0.4, -0.2) is 65.1 Å². The Morgan fingerprint density at radius 1 is 1.21 bits per heavy atom. The Balaban J connectivity index is 1.58. The van der Waals surface area contributed by atoms with E-state index in [-0.39, 0.29) is 30.6 Å². The van der Waals surface area contributed by atoms with Crippen molar-refractivity contribution in [2.75, 3.05) is 19.6 Å². The van der Waals surface area contributed by atoms with E-state index in [4.69, 9.17) is 4.74 Å². The van der Waals surface area contributed by atoms with Crippen LogP contribution in [0.2, 0.25) is 0 Å². The molecule has 0 aromatic heterocycles. The average Bonchev–Trinajstić information content (AvgIpc) is 2.71. The van der Waals surface area contributed by atoms with Gasteiger partial charge in [0, 0.05) is 13.1 Å². The lowest BCUT2D eigenvalue weighted by atomic mass is 9.82. The summed E-state index contributed by atoms with van der Waals surface area (Å²) < 4.78 is 5.64. The number of nitrogens with one attached hydrogen (secondary N) is 2. The van der Waals surface area contributed by atoms with Crippen LogP contribution in [0, 0.1) is 0 Å². The average molecular weight is 338 g/mol. The maximum absolute atomic E-state index is 12.6. The standard InChI is InChI=1S/C16H26N4O4/c1-11-8-19(9-12(2)24-11)10-13(21)18-20-14(22)16(17-15(20)23)6-4-3-5-7-16/h11-12H,3-10H2,1-2H3,(H,17,23)(H,18,21)/t11-,12-/m1/s1. The number of imide groups is 1. The number of carbonyl (C=O) groups excluding carboxylic acids is 3. The van der Waals surface area contributed by atoms with Crippen LogP contribution in [-0.2, 0) is 14.3 Å². The zero-order chi connectivity index (χ0) is 17.3. The van der Waals surface area contributed by atoms with Crippen LogP contribution < -0.4 is 10.7 Å². The van der Waals surface area contributed by atoms with Gasteiger partial charge in [0.15, 0.2) is 0 Å². The zero-order valence-electron chi connectivity index (χ0n) is 14.3. The van der Waals surface area contributed by atoms with E-state index < -0.39 is 11.6 Å². The molecular formula is C16H26N4O4. The molecule has 2 aliphatic heterocycles. The molecule has 3 aliphatic rings. The number of morpholine rings is 1. The predicted octanol–water partition coefficient (Wildman–Crippen LogP) is 0.382. The Bertz CT molecular complexity index is 522. The minimum absolute atomic E-state index is 0.0591. The first kappa shape index (κ1) is 17.2. The molecular weight excluding hydrogens is 312 g/mol. The molecule has 2 saturated heterocycles. The smallest absolute Gasteiger partial charge is 0.344 e. The number of hydrogen-bond donors (Lipinski definition) is 2. The summed E-state index contributed by atoms with van der Waals surface area (Å²) in [5.74, 6) is -0.683. The van der Waals surface area contributed by atoms with Crippen molar-refractivity contribution in [3.63, 3.8) is 0 Å². The molecule has 8 nitrogen and oxygen atoms in total. The lowest BCUT2D eigenvalue weighted by Crippen LogP contribution is -2.54. The van der Waals surface area contributed by atoms with E-state index in [0.717, 1.165) is 24.3 Å². The Morgan fingerprint density at radius 2 is 1.83 bits per heavy atom. The summed E-state index contributed by atoms with van der Waals surface area (Å²) >= 11 is 0. The highest BCUT2D eigenvalue weighted by Gasteiger charge is 2.52. The van der Waals surface area contributed by atoms with Gasteiger partial charge in [-0.25, -0.2) is 4.79 Å². The number of hydrazine groups is 1. The first-order chi connectivity index (χ1) is 11.4. The van der Waals surface area contributed by atoms with E-state index in [1.54, 1.807) is 0 Å². The second-order valence-electron chi connectivity index (χ2n) is 7.20. The van der Waals surface area contributed by atoms with Gasteiger partial charge in [0.25, 0.3) is 11.8 Å². The van der Waals surface area contributed by atoms with Gasteiger partial charge in [-0.3, -0.25) is 19.9 Å². The number of ether oxygens (including phenoxy) is 1. The molecule has 0 bridgehead atoms. The van der Waals surface area contributed by atoms with Gasteiger partial charge in [-0.1, -0.05) is 19.3 Å². The lowest BCUT2D eigenvalue weighted by Gasteiger charge is -2.35. The van der Waals surface area contributed by atoms with Crippen molar-refractivity contribution < 1.29 is 19.1 Å². The fourth-order valence-electron chi connectivity index (χ4n) is 3.99. The van der Waals surface area contributed by atoms with Gasteiger partial charge < -0.3 is 10.1 Å². The fourth-order valence-corrected chi connectivity index (χ4v) is 3.99. The van der Waals surface area contributed by atoms with Gasteiger partial charge >= 0.3 is 6.03 Å². The molecule has 4 amide bonds. The van der Waals surface area contributed by atoms with E-state index in [2.05, 4.69) is 10.7 Å². The van der Waals surface area contributed by atoms with Gasteiger partial charge in [0.1, 0.15) is 5.54 Å². The van der Waals surface area contributed by atoms with Gasteiger partial charge in [-0.2, -0.15) is 5.01 Å². The molecule has 3 fully saturated rings. The number of hydrogen-bond acceptors (Lipinski definition) is 5. The number of amides is 4. The van der Waals surface area contributed by atoms with E-state index in [1.165, 1.54) is 0 Å². The molecule has 3 rings (SSSR count). The van der Waals surface area contributed by atoms with Crippen molar-refractivity contribution in [2.24, 2.45) is 0 Å². The summed E-state index contributed by atoms with van der Waals surface area (Å²) in [7, 11) is 0. The maximum atomic E-state index is 12.6. The van der Waals surface area contributed by atoms with E-state index in [9.17, 15) is 14.4 Å². The first-order valence-electron chi connectivity index (χ1n) is 8.74. The molecule has 0 unspecified atom stereocenters. The van der Waals surface area contributed by atoms with Crippen molar-refractivity contribution in [1.29, 1.82) is 0 Å². The van der Waals surface area contributed by atoms with Crippen molar-refractivity contribution >= 4 is 17.8 Å². The van der Waals surface area contributed by atoms with Crippen molar-refractivity contribution in [3.8, 4) is 0 Å². The summed E-state index contributed by atoms with van der Waals surface area (Å²) in [6.45, 7) is 5.38. The summed E-state index contributed by atoms with van der Waals surface area (Å²) in [6, 6.07) is -0.529. The highest BCUT2D eigenvalue weighted by Crippen LogP contribution is 2.32. The van der Waals surface area contributed by atoms with Crippen LogP contribution in [0.25, 0.3) is 0 Å². The topological polar surface area (TPSA) is 91.0 Å². The summed E-state index contributed by atoms with van der Waals surface area (Å²) in [5.41, 5.74) is 1.66. The fraction of sp³-hybridized carbons (Fsp3) is 0.812. The molecule has 24 heavy (non-hydrogen) atoms. The minimum Gasteiger partial charge on any atom is -0.373 e. The Hall–Kier alpha value is -1.67. The number of rotatable bonds is 3. The molecule has 2 N–H and O–H groups in total. The van der Waals surface area contributed by atoms with Crippen LogP contribution in [0.3, 0.4) is 0 Å².